The van der Waals surface area contributed by atoms with E-state index >= 15 is 0 Å². The van der Waals surface area contributed by atoms with Crippen LogP contribution in [-0.2, 0) is 6.54 Å². The molecule has 2 aliphatic rings. The van der Waals surface area contributed by atoms with Crippen LogP contribution in [0.3, 0.4) is 0 Å². The van der Waals surface area contributed by atoms with Crippen molar-refractivity contribution >= 4 is 33.9 Å². The molecule has 2 aromatic heterocycles. The molecule has 0 aromatic carbocycles. The van der Waals surface area contributed by atoms with E-state index in [0.29, 0.717) is 11.7 Å². The lowest BCUT2D eigenvalue weighted by Gasteiger charge is -2.55. The van der Waals surface area contributed by atoms with Crippen LogP contribution in [0.2, 0.25) is 0 Å². The minimum Gasteiger partial charge on any atom is -0.375 e. The van der Waals surface area contributed by atoms with Crippen LogP contribution in [0.25, 0.3) is 0 Å². The molecule has 2 atom stereocenters. The first-order valence-corrected chi connectivity index (χ1v) is 14.2. The third-order valence-corrected chi connectivity index (χ3v) is 8.95. The van der Waals surface area contributed by atoms with Gasteiger partial charge in [-0.2, -0.15) is 0 Å². The topological polar surface area (TPSA) is 70.4 Å². The molecule has 1 unspecified atom stereocenters. The van der Waals surface area contributed by atoms with Crippen molar-refractivity contribution < 1.29 is 4.57 Å². The second-order valence-corrected chi connectivity index (χ2v) is 12.3. The number of aliphatic imine (C=N–C) groups is 1. The van der Waals surface area contributed by atoms with E-state index in [-0.39, 0.29) is 16.8 Å². The fraction of sp³-hybridized carbons (Fsp3) is 0.345. The Balaban J connectivity index is 1.55. The highest BCUT2D eigenvalue weighted by molar-refractivity contribution is 8.00. The molecule has 0 amide bonds. The molecular formula is C29H37N6S2+. The Morgan fingerprint density at radius 1 is 1.24 bits per heavy atom. The minimum atomic E-state index is -0.141. The third kappa shape index (κ3) is 5.60. The number of thioether (sulfide) groups is 1. The molecule has 3 N–H and O–H groups in total. The zero-order valence-corrected chi connectivity index (χ0v) is 23.9. The van der Waals surface area contributed by atoms with Gasteiger partial charge in [-0.05, 0) is 19.4 Å². The van der Waals surface area contributed by atoms with Crippen LogP contribution in [0.5, 0.6) is 0 Å². The quantitative estimate of drug-likeness (QED) is 0.246. The van der Waals surface area contributed by atoms with Crippen LogP contribution in [0.15, 0.2) is 101 Å². The largest absolute Gasteiger partial charge is 0.375 e. The summed E-state index contributed by atoms with van der Waals surface area (Å²) >= 11 is 3.32. The fourth-order valence-corrected chi connectivity index (χ4v) is 6.30. The first-order valence-electron chi connectivity index (χ1n) is 12.3. The summed E-state index contributed by atoms with van der Waals surface area (Å²) in [5, 5.41) is 6.27. The SMILES string of the molecule is C=C(C)C1=C(C[n+]2ccccc2)CSC2[C@H](NC(=C)C(=NCC(C)(C)C(=C)C)c3csc(N)n3)C(=C)N12. The number of hydrogen-bond acceptors (Lipinski definition) is 7. The summed E-state index contributed by atoms with van der Waals surface area (Å²) < 4.78 is 2.20. The lowest BCUT2D eigenvalue weighted by atomic mass is 9.86. The van der Waals surface area contributed by atoms with E-state index in [4.69, 9.17) is 10.7 Å². The molecule has 2 aliphatic heterocycles. The van der Waals surface area contributed by atoms with Crippen molar-refractivity contribution in [1.29, 1.82) is 0 Å². The number of anilines is 1. The van der Waals surface area contributed by atoms with Crippen molar-refractivity contribution in [2.45, 2.75) is 45.7 Å². The van der Waals surface area contributed by atoms with Crippen LogP contribution in [0.1, 0.15) is 33.4 Å². The Morgan fingerprint density at radius 2 is 1.95 bits per heavy atom. The average Bonchev–Trinajstić information content (AvgIpc) is 3.28. The molecule has 0 spiro atoms. The number of hydrogen-bond donors (Lipinski definition) is 2. The lowest BCUT2D eigenvalue weighted by molar-refractivity contribution is -0.689. The number of allylic oxidation sites excluding steroid dienone is 2. The Morgan fingerprint density at radius 3 is 2.54 bits per heavy atom. The average molecular weight is 534 g/mol. The van der Waals surface area contributed by atoms with Gasteiger partial charge in [-0.1, -0.05) is 51.8 Å². The van der Waals surface area contributed by atoms with Gasteiger partial charge in [0.1, 0.15) is 16.8 Å². The highest BCUT2D eigenvalue weighted by Crippen LogP contribution is 2.47. The number of nitrogen functional groups attached to an aromatic ring is 1. The molecule has 8 heteroatoms. The first-order chi connectivity index (χ1) is 17.5. The van der Waals surface area contributed by atoms with Gasteiger partial charge in [0.05, 0.1) is 17.4 Å². The summed E-state index contributed by atoms with van der Waals surface area (Å²) in [5.74, 6) is 0.930. The normalized spacial score (nSPS) is 19.8. The van der Waals surface area contributed by atoms with Gasteiger partial charge < -0.3 is 16.0 Å². The van der Waals surface area contributed by atoms with Crippen molar-refractivity contribution in [3.8, 4) is 0 Å². The Labute approximate surface area is 229 Å². The highest BCUT2D eigenvalue weighted by atomic mass is 32.2. The van der Waals surface area contributed by atoms with Crippen molar-refractivity contribution in [1.82, 2.24) is 15.2 Å². The predicted octanol–water partition coefficient (Wildman–Crippen LogP) is 5.31. The van der Waals surface area contributed by atoms with Gasteiger partial charge in [-0.15, -0.1) is 23.1 Å². The van der Waals surface area contributed by atoms with E-state index in [1.165, 1.54) is 22.6 Å². The van der Waals surface area contributed by atoms with Gasteiger partial charge in [-0.25, -0.2) is 9.55 Å². The molecule has 0 bridgehead atoms. The number of nitrogens with two attached hydrogens (primary N) is 1. The van der Waals surface area contributed by atoms with E-state index in [1.54, 1.807) is 0 Å². The number of nitrogens with one attached hydrogen (secondary N) is 1. The van der Waals surface area contributed by atoms with Gasteiger partial charge in [0.15, 0.2) is 24.1 Å². The lowest BCUT2D eigenvalue weighted by Crippen LogP contribution is -2.63. The Bertz CT molecular complexity index is 1300. The molecule has 37 heavy (non-hydrogen) atoms. The van der Waals surface area contributed by atoms with E-state index in [2.05, 4.69) is 91.4 Å². The summed E-state index contributed by atoms with van der Waals surface area (Å²) in [4.78, 5) is 11.8. The molecular weight excluding hydrogens is 496 g/mol. The van der Waals surface area contributed by atoms with Crippen LogP contribution in [0, 0.1) is 5.41 Å². The molecule has 0 saturated carbocycles. The van der Waals surface area contributed by atoms with Gasteiger partial charge in [0.2, 0.25) is 0 Å². The summed E-state index contributed by atoms with van der Waals surface area (Å²) in [6.45, 7) is 27.0. The summed E-state index contributed by atoms with van der Waals surface area (Å²) in [5.41, 5.74) is 13.7. The Hall–Kier alpha value is -3.10. The zero-order valence-electron chi connectivity index (χ0n) is 22.3. The van der Waals surface area contributed by atoms with E-state index in [1.807, 2.05) is 30.1 Å². The van der Waals surface area contributed by atoms with Crippen LogP contribution >= 0.6 is 23.1 Å². The second kappa shape index (κ2) is 10.7. The molecule has 0 aliphatic carbocycles. The number of rotatable bonds is 10. The number of nitrogens with zero attached hydrogens (tertiary/aromatic N) is 4. The smallest absolute Gasteiger partial charge is 0.180 e. The number of aromatic nitrogens is 2. The van der Waals surface area contributed by atoms with Gasteiger partial charge in [-0.3, -0.25) is 4.99 Å². The number of pyridine rings is 1. The zero-order chi connectivity index (χ0) is 26.9. The summed E-state index contributed by atoms with van der Waals surface area (Å²) in [6, 6.07) is 6.18. The fourth-order valence-electron chi connectivity index (χ4n) is 4.35. The molecule has 6 nitrogen and oxygen atoms in total. The Kier molecular flexibility index (Phi) is 7.80. The molecule has 4 heterocycles. The number of thiazole rings is 1. The maximum Gasteiger partial charge on any atom is 0.180 e. The second-order valence-electron chi connectivity index (χ2n) is 10.3. The maximum atomic E-state index is 5.96. The highest BCUT2D eigenvalue weighted by Gasteiger charge is 2.48. The van der Waals surface area contributed by atoms with Crippen molar-refractivity contribution in [3.05, 3.63) is 102 Å². The standard InChI is InChI=1S/C29H37N6S2/c1-18(2)26-22(14-34-12-10-9-11-13-34)15-36-27-25(21(6)35(26)27)32-20(5)24(23-16-37-28(30)33-23)31-17-29(7,8)19(3)4/h9-13,16,25,27,32H,1,3,5-6,14-15,17H2,2,4,7-8H3,(H2,30,33)/q+1/t25-,27?/m1/s1. The predicted molar refractivity (Wildman–Crippen MR) is 158 cm³/mol. The maximum absolute atomic E-state index is 5.96. The molecule has 1 saturated heterocycles. The molecule has 4 rings (SSSR count). The van der Waals surface area contributed by atoms with E-state index < -0.39 is 0 Å². The van der Waals surface area contributed by atoms with Crippen LogP contribution < -0.4 is 15.6 Å². The molecule has 0 radical (unpaired) electrons. The van der Waals surface area contributed by atoms with Gasteiger partial charge in [0, 0.05) is 46.5 Å². The third-order valence-electron chi connectivity index (χ3n) is 6.94. The van der Waals surface area contributed by atoms with Crippen molar-refractivity contribution in [2.24, 2.45) is 10.4 Å². The molecule has 1 fully saturated rings. The summed E-state index contributed by atoms with van der Waals surface area (Å²) in [6.07, 6.45) is 4.20. The van der Waals surface area contributed by atoms with Crippen molar-refractivity contribution in [2.75, 3.05) is 18.0 Å². The number of fused-ring (bicyclic) bond motifs is 1. The monoisotopic (exact) mass is 533 g/mol. The summed E-state index contributed by atoms with van der Waals surface area (Å²) in [7, 11) is 0. The molecule has 2 aromatic rings. The first kappa shape index (κ1) is 26.9. The van der Waals surface area contributed by atoms with Crippen molar-refractivity contribution in [3.63, 3.8) is 0 Å². The van der Waals surface area contributed by atoms with Gasteiger partial charge >= 0.3 is 0 Å². The van der Waals surface area contributed by atoms with Gasteiger partial charge in [0.25, 0.3) is 0 Å². The van der Waals surface area contributed by atoms with Crippen LogP contribution in [-0.4, -0.2) is 39.3 Å². The van der Waals surface area contributed by atoms with Crippen LogP contribution in [0.4, 0.5) is 5.13 Å². The van der Waals surface area contributed by atoms with E-state index in [9.17, 15) is 0 Å². The molecule has 194 valence electrons. The minimum absolute atomic E-state index is 0.0353. The van der Waals surface area contributed by atoms with E-state index in [0.717, 1.165) is 46.2 Å².